The first kappa shape index (κ1) is 16.6. The van der Waals surface area contributed by atoms with Crippen LogP contribution < -0.4 is 5.73 Å². The van der Waals surface area contributed by atoms with Crippen molar-refractivity contribution >= 4 is 38.8 Å². The number of thiocarbonyl (C=S) groups is 1. The lowest BCUT2D eigenvalue weighted by Gasteiger charge is -2.30. The van der Waals surface area contributed by atoms with E-state index >= 15 is 0 Å². The molecule has 1 heterocycles. The number of rotatable bonds is 4. The molecular weight excluding hydrogens is 332 g/mol. The van der Waals surface area contributed by atoms with Gasteiger partial charge in [0.2, 0.25) is 10.0 Å². The van der Waals surface area contributed by atoms with Crippen molar-refractivity contribution < 1.29 is 13.2 Å². The summed E-state index contributed by atoms with van der Waals surface area (Å²) in [4.78, 5) is 0.167. The number of hydrogen-bond donors (Lipinski definition) is 1. The highest BCUT2D eigenvalue weighted by atomic mass is 35.5. The molecular formula is C13H17ClN2O3S2. The molecule has 1 saturated heterocycles. The van der Waals surface area contributed by atoms with Crippen molar-refractivity contribution in [3.8, 4) is 0 Å². The van der Waals surface area contributed by atoms with Crippen LogP contribution in [0.25, 0.3) is 0 Å². The molecule has 0 unspecified atom stereocenters. The van der Waals surface area contributed by atoms with Crippen LogP contribution in [0.3, 0.4) is 0 Å². The number of nitrogens with two attached hydrogens (primary N) is 1. The SMILES string of the molecule is CN(C1CCOCC1)S(=O)(=O)c1cc(C(N)=S)ccc1Cl. The Kier molecular flexibility index (Phi) is 5.21. The summed E-state index contributed by atoms with van der Waals surface area (Å²) in [7, 11) is -2.13. The van der Waals surface area contributed by atoms with E-state index < -0.39 is 10.0 Å². The average Bonchev–Trinajstić information content (AvgIpc) is 2.47. The first-order valence-electron chi connectivity index (χ1n) is 6.49. The largest absolute Gasteiger partial charge is 0.389 e. The number of ether oxygens (including phenoxy) is 1. The van der Waals surface area contributed by atoms with Crippen molar-refractivity contribution in [3.63, 3.8) is 0 Å². The first-order valence-corrected chi connectivity index (χ1v) is 8.72. The van der Waals surface area contributed by atoms with Gasteiger partial charge in [-0.2, -0.15) is 4.31 Å². The minimum absolute atomic E-state index is 0.0310. The van der Waals surface area contributed by atoms with Gasteiger partial charge < -0.3 is 10.5 Å². The van der Waals surface area contributed by atoms with E-state index in [1.165, 1.54) is 16.4 Å². The van der Waals surface area contributed by atoms with E-state index in [2.05, 4.69) is 0 Å². The molecule has 0 saturated carbocycles. The molecule has 116 valence electrons. The molecule has 0 radical (unpaired) electrons. The molecule has 1 aromatic rings. The van der Waals surface area contributed by atoms with Crippen LogP contribution in [0.5, 0.6) is 0 Å². The Bertz CT molecular complexity index is 643. The van der Waals surface area contributed by atoms with Gasteiger partial charge in [0.25, 0.3) is 0 Å². The lowest BCUT2D eigenvalue weighted by Crippen LogP contribution is -2.40. The Morgan fingerprint density at radius 3 is 2.62 bits per heavy atom. The van der Waals surface area contributed by atoms with E-state index in [9.17, 15) is 8.42 Å². The average molecular weight is 349 g/mol. The van der Waals surface area contributed by atoms with Crippen LogP contribution >= 0.6 is 23.8 Å². The molecule has 5 nitrogen and oxygen atoms in total. The van der Waals surface area contributed by atoms with Crippen LogP contribution in [0.15, 0.2) is 23.1 Å². The number of hydrogen-bond acceptors (Lipinski definition) is 4. The second kappa shape index (κ2) is 6.58. The Hall–Kier alpha value is -0.730. The van der Waals surface area contributed by atoms with Crippen LogP contribution in [0, 0.1) is 0 Å². The molecule has 1 fully saturated rings. The minimum atomic E-state index is -3.69. The van der Waals surface area contributed by atoms with Crippen LogP contribution in [-0.4, -0.2) is 44.0 Å². The third kappa shape index (κ3) is 3.54. The third-order valence-electron chi connectivity index (χ3n) is 3.58. The predicted molar refractivity (Wildman–Crippen MR) is 86.1 cm³/mol. The predicted octanol–water partition coefficient (Wildman–Crippen LogP) is 1.77. The zero-order chi connectivity index (χ0) is 15.6. The van der Waals surface area contributed by atoms with Crippen LogP contribution in [-0.2, 0) is 14.8 Å². The molecule has 0 spiro atoms. The third-order valence-corrected chi connectivity index (χ3v) is 6.21. The Morgan fingerprint density at radius 1 is 1.43 bits per heavy atom. The summed E-state index contributed by atoms with van der Waals surface area (Å²) in [5.41, 5.74) is 6.04. The van der Waals surface area contributed by atoms with Gasteiger partial charge in [0.15, 0.2) is 0 Å². The minimum Gasteiger partial charge on any atom is -0.389 e. The zero-order valence-electron chi connectivity index (χ0n) is 11.6. The van der Waals surface area contributed by atoms with Crippen molar-refractivity contribution in [1.29, 1.82) is 0 Å². The number of nitrogens with zero attached hydrogens (tertiary/aromatic N) is 1. The summed E-state index contributed by atoms with van der Waals surface area (Å²) in [6, 6.07) is 4.45. The lowest BCUT2D eigenvalue weighted by atomic mass is 10.1. The molecule has 1 aliphatic rings. The molecule has 0 bridgehead atoms. The fourth-order valence-corrected chi connectivity index (χ4v) is 4.30. The topological polar surface area (TPSA) is 72.6 Å². The maximum absolute atomic E-state index is 12.7. The highest BCUT2D eigenvalue weighted by molar-refractivity contribution is 7.89. The quantitative estimate of drug-likeness (QED) is 0.839. The maximum atomic E-state index is 12.7. The second-order valence-electron chi connectivity index (χ2n) is 4.87. The summed E-state index contributed by atoms with van der Waals surface area (Å²) in [5.74, 6) is 0. The monoisotopic (exact) mass is 348 g/mol. The summed E-state index contributed by atoms with van der Waals surface area (Å²) in [5, 5.41) is 0.161. The summed E-state index contributed by atoms with van der Waals surface area (Å²) in [6.07, 6.45) is 1.34. The van der Waals surface area contributed by atoms with Gasteiger partial charge in [-0.1, -0.05) is 29.9 Å². The molecule has 2 rings (SSSR count). The van der Waals surface area contributed by atoms with E-state index in [-0.39, 0.29) is 20.9 Å². The normalized spacial score (nSPS) is 17.1. The van der Waals surface area contributed by atoms with Crippen LogP contribution in [0.4, 0.5) is 0 Å². The maximum Gasteiger partial charge on any atom is 0.244 e. The molecule has 8 heteroatoms. The van der Waals surface area contributed by atoms with Gasteiger partial charge in [-0.15, -0.1) is 0 Å². The number of benzene rings is 1. The highest BCUT2D eigenvalue weighted by Gasteiger charge is 2.31. The number of sulfonamides is 1. The summed E-state index contributed by atoms with van der Waals surface area (Å²) in [6.45, 7) is 1.12. The molecule has 0 aliphatic carbocycles. The Labute approximate surface area is 135 Å². The van der Waals surface area contributed by atoms with Crippen LogP contribution in [0.2, 0.25) is 5.02 Å². The van der Waals surface area contributed by atoms with E-state index in [1.54, 1.807) is 13.1 Å². The zero-order valence-corrected chi connectivity index (χ0v) is 14.0. The van der Waals surface area contributed by atoms with Gasteiger partial charge in [0, 0.05) is 31.9 Å². The molecule has 0 amide bonds. The highest BCUT2D eigenvalue weighted by Crippen LogP contribution is 2.28. The smallest absolute Gasteiger partial charge is 0.244 e. The summed E-state index contributed by atoms with van der Waals surface area (Å²) >= 11 is 10.9. The van der Waals surface area contributed by atoms with E-state index in [4.69, 9.17) is 34.3 Å². The van der Waals surface area contributed by atoms with E-state index in [0.717, 1.165) is 0 Å². The molecule has 2 N–H and O–H groups in total. The van der Waals surface area contributed by atoms with Crippen molar-refractivity contribution in [1.82, 2.24) is 4.31 Å². The van der Waals surface area contributed by atoms with Gasteiger partial charge in [-0.3, -0.25) is 0 Å². The van der Waals surface area contributed by atoms with E-state index in [1.807, 2.05) is 0 Å². The van der Waals surface area contributed by atoms with Gasteiger partial charge >= 0.3 is 0 Å². The van der Waals surface area contributed by atoms with Crippen molar-refractivity contribution in [2.75, 3.05) is 20.3 Å². The number of halogens is 1. The fraction of sp³-hybridized carbons (Fsp3) is 0.462. The van der Waals surface area contributed by atoms with Gasteiger partial charge in [0.05, 0.1) is 5.02 Å². The standard InChI is InChI=1S/C13H17ClN2O3S2/c1-16(10-4-6-19-7-5-10)21(17,18)12-8-9(13(15)20)2-3-11(12)14/h2-3,8,10H,4-7H2,1H3,(H2,15,20). The Morgan fingerprint density at radius 2 is 2.05 bits per heavy atom. The summed E-state index contributed by atoms with van der Waals surface area (Å²) < 4.78 is 32.1. The lowest BCUT2D eigenvalue weighted by molar-refractivity contribution is 0.0632. The molecule has 1 aliphatic heterocycles. The van der Waals surface area contributed by atoms with E-state index in [0.29, 0.717) is 31.6 Å². The van der Waals surface area contributed by atoms with Crippen LogP contribution in [0.1, 0.15) is 18.4 Å². The van der Waals surface area contributed by atoms with Crippen molar-refractivity contribution in [2.45, 2.75) is 23.8 Å². The molecule has 21 heavy (non-hydrogen) atoms. The molecule has 0 atom stereocenters. The van der Waals surface area contributed by atoms with Gasteiger partial charge in [-0.05, 0) is 25.0 Å². The first-order chi connectivity index (χ1) is 9.84. The van der Waals surface area contributed by atoms with Crippen molar-refractivity contribution in [2.24, 2.45) is 5.73 Å². The van der Waals surface area contributed by atoms with Gasteiger partial charge in [-0.25, -0.2) is 8.42 Å². The van der Waals surface area contributed by atoms with Crippen molar-refractivity contribution in [3.05, 3.63) is 28.8 Å². The second-order valence-corrected chi connectivity index (χ2v) is 7.69. The van der Waals surface area contributed by atoms with Gasteiger partial charge in [0.1, 0.15) is 9.88 Å². The Balaban J connectivity index is 2.38. The fourth-order valence-electron chi connectivity index (χ4n) is 2.25. The molecule has 1 aromatic carbocycles. The molecule has 0 aromatic heterocycles.